The van der Waals surface area contributed by atoms with Crippen LogP contribution in [-0.2, 0) is 15.0 Å². The Morgan fingerprint density at radius 1 is 0.842 bits per heavy atom. The van der Waals surface area contributed by atoms with Crippen molar-refractivity contribution < 1.29 is 29.5 Å². The third-order valence-electron chi connectivity index (χ3n) is 7.60. The predicted molar refractivity (Wildman–Crippen MR) is 143 cm³/mol. The lowest BCUT2D eigenvalue weighted by Gasteiger charge is -2.39. The highest BCUT2D eigenvalue weighted by Crippen LogP contribution is 2.45. The number of non-ortho nitro benzene ring substituents is 1. The molecule has 0 atom stereocenters. The Labute approximate surface area is 221 Å². The van der Waals surface area contributed by atoms with Gasteiger partial charge in [-0.2, -0.15) is 0 Å². The minimum Gasteiger partial charge on any atom is -0.480 e. The van der Waals surface area contributed by atoms with Gasteiger partial charge >= 0.3 is 11.9 Å². The van der Waals surface area contributed by atoms with Crippen molar-refractivity contribution in [2.24, 2.45) is 5.41 Å². The molecule has 0 aromatic heterocycles. The molecule has 198 valence electrons. The summed E-state index contributed by atoms with van der Waals surface area (Å²) in [5, 5.41) is 31.4. The van der Waals surface area contributed by atoms with Crippen LogP contribution in [0.1, 0.15) is 61.0 Å². The molecular weight excluding hydrogens is 486 g/mol. The second-order valence-electron chi connectivity index (χ2n) is 9.66. The fraction of sp³-hybridized carbons (Fsp3) is 0.300. The largest absolute Gasteiger partial charge is 0.480 e. The Morgan fingerprint density at radius 2 is 1.39 bits per heavy atom. The molecule has 3 aromatic carbocycles. The van der Waals surface area contributed by atoms with Gasteiger partial charge in [0.25, 0.3) is 5.69 Å². The number of rotatable bonds is 12. The van der Waals surface area contributed by atoms with E-state index in [4.69, 9.17) is 0 Å². The maximum Gasteiger partial charge on any atom is 0.321 e. The molecule has 0 bridgehead atoms. The highest BCUT2D eigenvalue weighted by molar-refractivity contribution is 6.07. The molecule has 0 aliphatic carbocycles. The molecule has 0 unspecified atom stereocenters. The van der Waals surface area contributed by atoms with Gasteiger partial charge in [0.05, 0.1) is 4.92 Å². The second kappa shape index (κ2) is 11.4. The number of aryl methyl sites for hydroxylation is 1. The number of nitro benzene ring substituents is 1. The van der Waals surface area contributed by atoms with E-state index in [0.29, 0.717) is 24.0 Å². The van der Waals surface area contributed by atoms with Crippen LogP contribution in [0.3, 0.4) is 0 Å². The fourth-order valence-corrected chi connectivity index (χ4v) is 5.14. The normalized spacial score (nSPS) is 11.7. The summed E-state index contributed by atoms with van der Waals surface area (Å²) in [4.78, 5) is 49.1. The van der Waals surface area contributed by atoms with Gasteiger partial charge in [-0.1, -0.05) is 62.4 Å². The number of ketones is 1. The van der Waals surface area contributed by atoms with Crippen molar-refractivity contribution in [3.8, 4) is 11.1 Å². The molecule has 38 heavy (non-hydrogen) atoms. The van der Waals surface area contributed by atoms with E-state index in [2.05, 4.69) is 0 Å². The molecule has 0 spiro atoms. The van der Waals surface area contributed by atoms with Crippen LogP contribution < -0.4 is 0 Å². The van der Waals surface area contributed by atoms with E-state index in [9.17, 15) is 34.7 Å². The number of carbonyl (C=O) groups is 3. The molecule has 0 radical (unpaired) electrons. The fourth-order valence-electron chi connectivity index (χ4n) is 5.14. The minimum absolute atomic E-state index is 0.0401. The molecule has 0 heterocycles. The smallest absolute Gasteiger partial charge is 0.321 e. The number of nitro groups is 1. The predicted octanol–water partition coefficient (Wildman–Crippen LogP) is 6.45. The van der Waals surface area contributed by atoms with E-state index < -0.39 is 39.9 Å². The number of aliphatic carboxylic acids is 2. The van der Waals surface area contributed by atoms with Crippen LogP contribution in [0, 0.1) is 22.5 Å². The summed E-state index contributed by atoms with van der Waals surface area (Å²) in [5.74, 6) is -3.65. The van der Waals surface area contributed by atoms with Crippen LogP contribution in [0.15, 0.2) is 72.8 Å². The zero-order valence-corrected chi connectivity index (χ0v) is 21.6. The first-order valence-electron chi connectivity index (χ1n) is 12.4. The molecule has 8 heteroatoms. The van der Waals surface area contributed by atoms with Gasteiger partial charge in [-0.3, -0.25) is 24.5 Å². The molecule has 8 nitrogen and oxygen atoms in total. The lowest BCUT2D eigenvalue weighted by molar-refractivity contribution is -0.384. The number of hydrogen-bond acceptors (Lipinski definition) is 5. The maximum atomic E-state index is 13.5. The number of nitrogens with zero attached hydrogens (tertiary/aromatic N) is 1. The van der Waals surface area contributed by atoms with Crippen LogP contribution >= 0.6 is 0 Å². The number of carboxylic acids is 2. The van der Waals surface area contributed by atoms with Gasteiger partial charge in [0.2, 0.25) is 0 Å². The summed E-state index contributed by atoms with van der Waals surface area (Å²) in [5.41, 5.74) is -0.0417. The van der Waals surface area contributed by atoms with Crippen LogP contribution in [0.25, 0.3) is 11.1 Å². The van der Waals surface area contributed by atoms with E-state index in [1.54, 1.807) is 37.3 Å². The first kappa shape index (κ1) is 28.2. The Morgan fingerprint density at radius 3 is 1.87 bits per heavy atom. The number of Topliss-reactive ketones (excluding diaryl/α,β-unsaturated/α-hetero) is 1. The maximum absolute atomic E-state index is 13.5. The highest BCUT2D eigenvalue weighted by Gasteiger charge is 2.53. The summed E-state index contributed by atoms with van der Waals surface area (Å²) in [7, 11) is 0. The van der Waals surface area contributed by atoms with E-state index in [1.807, 2.05) is 44.2 Å². The molecule has 3 rings (SSSR count). The standard InChI is InChI=1S/C30H31NO7/c1-4-29(5-2,23-9-7-6-8-10-23)19-30(27(33)34,28(35)36)18-26(32)25-16-13-22(17-20(25)3)21-11-14-24(15-12-21)31(37)38/h6-17H,4-5,18-19H2,1-3H3,(H,33,34)(H,35,36). The third kappa shape index (κ3) is 5.49. The third-order valence-corrected chi connectivity index (χ3v) is 7.60. The van der Waals surface area contributed by atoms with Gasteiger partial charge in [0.15, 0.2) is 11.2 Å². The lowest BCUT2D eigenvalue weighted by Crippen LogP contribution is -2.47. The molecule has 0 saturated heterocycles. The number of hydrogen-bond donors (Lipinski definition) is 2. The summed E-state index contributed by atoms with van der Waals surface area (Å²) in [6, 6.07) is 20.2. The van der Waals surface area contributed by atoms with E-state index in [-0.39, 0.29) is 17.7 Å². The Kier molecular flexibility index (Phi) is 8.46. The molecule has 0 aliphatic heterocycles. The van der Waals surface area contributed by atoms with Crippen LogP contribution in [-0.4, -0.2) is 32.9 Å². The van der Waals surface area contributed by atoms with E-state index >= 15 is 0 Å². The molecule has 0 fully saturated rings. The molecule has 0 saturated carbocycles. The Balaban J connectivity index is 1.97. The summed E-state index contributed by atoms with van der Waals surface area (Å²) < 4.78 is 0. The van der Waals surface area contributed by atoms with Crippen molar-refractivity contribution in [3.05, 3.63) is 99.6 Å². The summed E-state index contributed by atoms with van der Waals surface area (Å²) in [6.07, 6.45) is 0.0945. The number of benzene rings is 3. The highest BCUT2D eigenvalue weighted by atomic mass is 16.6. The SMILES string of the molecule is CCC(CC)(CC(CC(=O)c1ccc(-c2ccc([N+](=O)[O-])cc2)cc1C)(C(=O)O)C(=O)O)c1ccccc1. The zero-order chi connectivity index (χ0) is 28.1. The molecule has 3 aromatic rings. The average Bonchev–Trinajstić information content (AvgIpc) is 2.91. The van der Waals surface area contributed by atoms with Gasteiger partial charge in [-0.15, -0.1) is 0 Å². The van der Waals surface area contributed by atoms with Crippen molar-refractivity contribution in [3.63, 3.8) is 0 Å². The van der Waals surface area contributed by atoms with Crippen molar-refractivity contribution in [2.75, 3.05) is 0 Å². The first-order chi connectivity index (χ1) is 18.0. The number of carboxylic acid groups (broad SMARTS) is 2. The monoisotopic (exact) mass is 517 g/mol. The molecular formula is C30H31NO7. The minimum atomic E-state index is -2.32. The van der Waals surface area contributed by atoms with E-state index in [0.717, 1.165) is 11.1 Å². The van der Waals surface area contributed by atoms with Gasteiger partial charge in [-0.25, -0.2) is 0 Å². The van der Waals surface area contributed by atoms with Crippen molar-refractivity contribution in [1.82, 2.24) is 0 Å². The summed E-state index contributed by atoms with van der Waals surface area (Å²) >= 11 is 0. The summed E-state index contributed by atoms with van der Waals surface area (Å²) in [6.45, 7) is 5.49. The first-order valence-corrected chi connectivity index (χ1v) is 12.4. The van der Waals surface area contributed by atoms with Gasteiger partial charge in [0.1, 0.15) is 0 Å². The number of carbonyl (C=O) groups excluding carboxylic acids is 1. The van der Waals surface area contributed by atoms with Gasteiger partial charge in [0, 0.05) is 24.1 Å². The van der Waals surface area contributed by atoms with Crippen LogP contribution in [0.2, 0.25) is 0 Å². The molecule has 0 aliphatic rings. The van der Waals surface area contributed by atoms with Crippen molar-refractivity contribution in [1.29, 1.82) is 0 Å². The second-order valence-corrected chi connectivity index (χ2v) is 9.66. The zero-order valence-electron chi connectivity index (χ0n) is 21.6. The van der Waals surface area contributed by atoms with Crippen molar-refractivity contribution in [2.45, 2.75) is 51.9 Å². The Hall–Kier alpha value is -4.33. The van der Waals surface area contributed by atoms with Crippen molar-refractivity contribution >= 4 is 23.4 Å². The van der Waals surface area contributed by atoms with Crippen LogP contribution in [0.5, 0.6) is 0 Å². The average molecular weight is 518 g/mol. The topological polar surface area (TPSA) is 135 Å². The van der Waals surface area contributed by atoms with Gasteiger partial charge in [-0.05, 0) is 66.0 Å². The lowest BCUT2D eigenvalue weighted by atomic mass is 9.63. The van der Waals surface area contributed by atoms with E-state index in [1.165, 1.54) is 12.1 Å². The quantitative estimate of drug-likeness (QED) is 0.122. The van der Waals surface area contributed by atoms with Gasteiger partial charge < -0.3 is 10.2 Å². The molecule has 2 N–H and O–H groups in total. The molecule has 0 amide bonds. The van der Waals surface area contributed by atoms with Crippen LogP contribution in [0.4, 0.5) is 5.69 Å². The Bertz CT molecular complexity index is 1330.